The predicted octanol–water partition coefficient (Wildman–Crippen LogP) is 10.9. The van der Waals surface area contributed by atoms with Gasteiger partial charge < -0.3 is 4.57 Å². The van der Waals surface area contributed by atoms with Crippen LogP contribution in [-0.2, 0) is 0 Å². The summed E-state index contributed by atoms with van der Waals surface area (Å²) in [6.07, 6.45) is 0. The minimum absolute atomic E-state index is 0.721. The first-order valence-electron chi connectivity index (χ1n) is 15.4. The molecule has 1 aliphatic carbocycles. The monoisotopic (exact) mass is 571 g/mol. The predicted molar refractivity (Wildman–Crippen MR) is 187 cm³/mol. The Morgan fingerprint density at radius 2 is 1.00 bits per heavy atom. The van der Waals surface area contributed by atoms with Crippen molar-refractivity contribution in [2.75, 3.05) is 0 Å². The van der Waals surface area contributed by atoms with Crippen molar-refractivity contribution in [3.8, 4) is 50.6 Å². The van der Waals surface area contributed by atoms with Gasteiger partial charge >= 0.3 is 0 Å². The summed E-state index contributed by atoms with van der Waals surface area (Å²) >= 11 is 0. The van der Waals surface area contributed by atoms with Crippen molar-refractivity contribution < 1.29 is 0 Å². The molecule has 0 bridgehead atoms. The van der Waals surface area contributed by atoms with Crippen molar-refractivity contribution >= 4 is 43.5 Å². The highest BCUT2D eigenvalue weighted by molar-refractivity contribution is 6.27. The number of fused-ring (bicyclic) bond motifs is 3. The molecule has 3 heteroatoms. The highest BCUT2D eigenvalue weighted by atomic mass is 15.0. The van der Waals surface area contributed by atoms with Crippen molar-refractivity contribution in [3.63, 3.8) is 0 Å². The lowest BCUT2D eigenvalue weighted by atomic mass is 9.93. The second kappa shape index (κ2) is 9.22. The third kappa shape index (κ3) is 3.46. The van der Waals surface area contributed by atoms with Crippen LogP contribution in [0.3, 0.4) is 0 Å². The van der Waals surface area contributed by atoms with Gasteiger partial charge in [0, 0.05) is 33.0 Å². The van der Waals surface area contributed by atoms with Crippen LogP contribution >= 0.6 is 0 Å². The Bertz CT molecular complexity index is 2550. The molecule has 208 valence electrons. The molecule has 0 saturated carbocycles. The maximum absolute atomic E-state index is 5.17. The van der Waals surface area contributed by atoms with E-state index in [1.54, 1.807) is 0 Å². The minimum atomic E-state index is 0.721. The maximum atomic E-state index is 5.17. The summed E-state index contributed by atoms with van der Waals surface area (Å²) in [6.45, 7) is 0. The van der Waals surface area contributed by atoms with E-state index in [1.165, 1.54) is 54.8 Å². The average molecular weight is 572 g/mol. The lowest BCUT2D eigenvalue weighted by Crippen LogP contribution is -1.98. The number of para-hydroxylation sites is 1. The third-order valence-electron chi connectivity index (χ3n) is 9.31. The Morgan fingerprint density at radius 1 is 0.422 bits per heavy atom. The third-order valence-corrected chi connectivity index (χ3v) is 9.31. The lowest BCUT2D eigenvalue weighted by molar-refractivity contribution is 1.17. The number of nitrogens with zero attached hydrogens (tertiary/aromatic N) is 3. The number of benzene rings is 7. The quantitative estimate of drug-likeness (QED) is 0.211. The fourth-order valence-corrected chi connectivity index (χ4v) is 7.43. The Morgan fingerprint density at radius 3 is 1.71 bits per heavy atom. The normalized spacial score (nSPS) is 12.0. The van der Waals surface area contributed by atoms with Crippen LogP contribution in [0, 0.1) is 0 Å². The second-order valence-electron chi connectivity index (χ2n) is 11.8. The van der Waals surface area contributed by atoms with Crippen LogP contribution in [0.5, 0.6) is 0 Å². The first-order valence-corrected chi connectivity index (χ1v) is 15.4. The molecule has 0 amide bonds. The summed E-state index contributed by atoms with van der Waals surface area (Å²) in [5.41, 5.74) is 12.6. The van der Waals surface area contributed by atoms with Gasteiger partial charge in [0.05, 0.1) is 22.2 Å². The minimum Gasteiger partial charge on any atom is -0.309 e. The molecule has 3 nitrogen and oxygen atoms in total. The fraction of sp³-hybridized carbons (Fsp3) is 0. The summed E-state index contributed by atoms with van der Waals surface area (Å²) < 4.78 is 2.41. The molecule has 0 aliphatic heterocycles. The van der Waals surface area contributed by atoms with Gasteiger partial charge in [-0.3, -0.25) is 0 Å². The van der Waals surface area contributed by atoms with E-state index in [9.17, 15) is 0 Å². The molecular weight excluding hydrogens is 546 g/mol. The van der Waals surface area contributed by atoms with Gasteiger partial charge in [0.2, 0.25) is 0 Å². The molecule has 0 saturated heterocycles. The molecule has 0 spiro atoms. The zero-order valence-electron chi connectivity index (χ0n) is 24.3. The Labute approximate surface area is 259 Å². The van der Waals surface area contributed by atoms with Crippen LogP contribution in [-0.4, -0.2) is 14.5 Å². The topological polar surface area (TPSA) is 30.7 Å². The summed E-state index contributed by atoms with van der Waals surface area (Å²) in [7, 11) is 0. The lowest BCUT2D eigenvalue weighted by Gasteiger charge is -2.14. The van der Waals surface area contributed by atoms with Crippen LogP contribution in [0.25, 0.3) is 94.1 Å². The Hall–Kier alpha value is -6.06. The van der Waals surface area contributed by atoms with Crippen LogP contribution in [0.15, 0.2) is 152 Å². The number of aromatic nitrogens is 3. The van der Waals surface area contributed by atoms with Crippen molar-refractivity contribution in [1.29, 1.82) is 0 Å². The molecule has 0 fully saturated rings. The summed E-state index contributed by atoms with van der Waals surface area (Å²) in [6, 6.07) is 54.2. The Balaban J connectivity index is 1.24. The molecule has 2 aromatic heterocycles. The van der Waals surface area contributed by atoms with E-state index in [0.29, 0.717) is 0 Å². The van der Waals surface area contributed by atoms with Crippen LogP contribution < -0.4 is 0 Å². The molecular formula is C42H25N3. The molecule has 2 heterocycles. The SMILES string of the molecule is c1ccc(-c2nc(-c3cccc(-n4c5cccc6c5c5c(cccc54)-c4cccc5cccc-6c45)c3)nc3ccccc23)cc1. The van der Waals surface area contributed by atoms with Crippen LogP contribution in [0.1, 0.15) is 0 Å². The zero-order valence-corrected chi connectivity index (χ0v) is 24.3. The zero-order chi connectivity index (χ0) is 29.5. The van der Waals surface area contributed by atoms with E-state index in [1.807, 2.05) is 12.1 Å². The van der Waals surface area contributed by atoms with Crippen molar-refractivity contribution in [2.45, 2.75) is 0 Å². The van der Waals surface area contributed by atoms with Gasteiger partial charge in [-0.2, -0.15) is 0 Å². The second-order valence-corrected chi connectivity index (χ2v) is 11.8. The van der Waals surface area contributed by atoms with Crippen LogP contribution in [0.2, 0.25) is 0 Å². The number of rotatable bonds is 3. The molecule has 9 aromatic rings. The molecule has 0 radical (unpaired) electrons. The summed E-state index contributed by atoms with van der Waals surface area (Å²) in [5, 5.41) is 6.24. The van der Waals surface area contributed by atoms with Gasteiger partial charge in [0.1, 0.15) is 0 Å². The highest BCUT2D eigenvalue weighted by Gasteiger charge is 2.24. The van der Waals surface area contributed by atoms with Gasteiger partial charge in [-0.25, -0.2) is 9.97 Å². The molecule has 0 unspecified atom stereocenters. The maximum Gasteiger partial charge on any atom is 0.160 e. The van der Waals surface area contributed by atoms with Crippen molar-refractivity contribution in [2.24, 2.45) is 0 Å². The molecule has 10 rings (SSSR count). The van der Waals surface area contributed by atoms with E-state index < -0.39 is 0 Å². The highest BCUT2D eigenvalue weighted by Crippen LogP contribution is 2.49. The van der Waals surface area contributed by atoms with Crippen molar-refractivity contribution in [1.82, 2.24) is 14.5 Å². The van der Waals surface area contributed by atoms with E-state index >= 15 is 0 Å². The van der Waals surface area contributed by atoms with Gasteiger partial charge in [-0.05, 0) is 63.4 Å². The van der Waals surface area contributed by atoms with Crippen LogP contribution in [0.4, 0.5) is 0 Å². The van der Waals surface area contributed by atoms with Gasteiger partial charge in [-0.15, -0.1) is 0 Å². The van der Waals surface area contributed by atoms with E-state index in [-0.39, 0.29) is 0 Å². The fourth-order valence-electron chi connectivity index (χ4n) is 7.43. The molecule has 0 N–H and O–H groups in total. The van der Waals surface area contributed by atoms with E-state index in [2.05, 4.69) is 144 Å². The standard InChI is InChI=1S/C42H25N3/c1-2-11-27(12-3-1)41-34-17-4-5-22-35(34)43-42(44-41)28-15-6-16-29(25-28)45-36-23-9-20-32-30-18-7-13-26-14-8-19-31(38(26)30)33-21-10-24-37(45)40(33)39(32)36/h1-25H. The Kier molecular flexibility index (Phi) is 5.00. The smallest absolute Gasteiger partial charge is 0.160 e. The molecule has 0 atom stereocenters. The number of hydrogen-bond acceptors (Lipinski definition) is 2. The van der Waals surface area contributed by atoms with Gasteiger partial charge in [0.15, 0.2) is 5.82 Å². The molecule has 1 aliphatic rings. The first-order chi connectivity index (χ1) is 22.3. The number of hydrogen-bond donors (Lipinski definition) is 0. The molecule has 7 aromatic carbocycles. The largest absolute Gasteiger partial charge is 0.309 e. The first kappa shape index (κ1) is 24.4. The van der Waals surface area contributed by atoms with Gasteiger partial charge in [-0.1, -0.05) is 121 Å². The van der Waals surface area contributed by atoms with Crippen molar-refractivity contribution in [3.05, 3.63) is 152 Å². The van der Waals surface area contributed by atoms with E-state index in [0.717, 1.165) is 39.2 Å². The average Bonchev–Trinajstić information content (AvgIpc) is 3.39. The van der Waals surface area contributed by atoms with Gasteiger partial charge in [0.25, 0.3) is 0 Å². The molecule has 45 heavy (non-hydrogen) atoms. The van der Waals surface area contributed by atoms with E-state index in [4.69, 9.17) is 9.97 Å². The summed E-state index contributed by atoms with van der Waals surface area (Å²) in [5.74, 6) is 0.721. The summed E-state index contributed by atoms with van der Waals surface area (Å²) in [4.78, 5) is 10.2.